The maximum absolute atomic E-state index is 12.9. The topological polar surface area (TPSA) is 46.2 Å². The highest BCUT2D eigenvalue weighted by Gasteiger charge is 2.37. The van der Waals surface area contributed by atoms with Crippen LogP contribution in [0.5, 0.6) is 0 Å². The van der Waals surface area contributed by atoms with E-state index < -0.39 is 40.7 Å². The predicted octanol–water partition coefficient (Wildman–Crippen LogP) is 5.18. The predicted molar refractivity (Wildman–Crippen MR) is 80.8 cm³/mol. The SMILES string of the molecule is CC(=O)c1ccccc1NC(=O)c1cc(C(F)(F)F)cc(C(F)(F)F)c1. The summed E-state index contributed by atoms with van der Waals surface area (Å²) in [6.45, 7) is 1.21. The zero-order valence-corrected chi connectivity index (χ0v) is 13.1. The van der Waals surface area contributed by atoms with Crippen LogP contribution in [0, 0.1) is 0 Å². The van der Waals surface area contributed by atoms with Crippen LogP contribution in [0.25, 0.3) is 0 Å². The summed E-state index contributed by atoms with van der Waals surface area (Å²) in [5.41, 5.74) is -3.97. The lowest BCUT2D eigenvalue weighted by molar-refractivity contribution is -0.143. The second kappa shape index (κ2) is 6.81. The van der Waals surface area contributed by atoms with E-state index in [-0.39, 0.29) is 17.3 Å². The summed E-state index contributed by atoms with van der Waals surface area (Å²) in [4.78, 5) is 23.7. The van der Waals surface area contributed by atoms with Crippen LogP contribution in [0.15, 0.2) is 42.5 Å². The minimum Gasteiger partial charge on any atom is -0.321 e. The van der Waals surface area contributed by atoms with E-state index in [2.05, 4.69) is 5.32 Å². The van der Waals surface area contributed by atoms with Crippen molar-refractivity contribution >= 4 is 17.4 Å². The van der Waals surface area contributed by atoms with Gasteiger partial charge in [0.15, 0.2) is 5.78 Å². The molecule has 0 aliphatic carbocycles. The fraction of sp³-hybridized carbons (Fsp3) is 0.176. The van der Waals surface area contributed by atoms with E-state index in [0.717, 1.165) is 0 Å². The van der Waals surface area contributed by atoms with Crippen molar-refractivity contribution in [2.24, 2.45) is 0 Å². The molecule has 2 aromatic carbocycles. The van der Waals surface area contributed by atoms with Crippen LogP contribution in [-0.2, 0) is 12.4 Å². The molecule has 0 saturated heterocycles. The Balaban J connectivity index is 2.48. The molecule has 3 nitrogen and oxygen atoms in total. The Morgan fingerprint density at radius 3 is 1.81 bits per heavy atom. The molecule has 2 rings (SSSR count). The summed E-state index contributed by atoms with van der Waals surface area (Å²) < 4.78 is 77.1. The summed E-state index contributed by atoms with van der Waals surface area (Å²) in [6.07, 6.45) is -10.1. The Bertz CT molecular complexity index is 823. The highest BCUT2D eigenvalue weighted by Crippen LogP contribution is 2.36. The Hall–Kier alpha value is -2.84. The number of amides is 1. The molecule has 0 aliphatic rings. The number of carbonyl (C=O) groups is 2. The third-order valence-electron chi connectivity index (χ3n) is 3.40. The van der Waals surface area contributed by atoms with Gasteiger partial charge in [0.25, 0.3) is 5.91 Å². The average Bonchev–Trinajstić information content (AvgIpc) is 2.53. The van der Waals surface area contributed by atoms with Crippen LogP contribution in [0.4, 0.5) is 32.0 Å². The summed E-state index contributed by atoms with van der Waals surface area (Å²) in [6, 6.07) is 6.20. The second-order valence-corrected chi connectivity index (χ2v) is 5.35. The van der Waals surface area contributed by atoms with E-state index in [1.54, 1.807) is 0 Å². The number of rotatable bonds is 3. The van der Waals surface area contributed by atoms with E-state index in [1.165, 1.54) is 31.2 Å². The third kappa shape index (κ3) is 4.41. The number of alkyl halides is 6. The minimum absolute atomic E-state index is 0.0176. The lowest BCUT2D eigenvalue weighted by atomic mass is 10.0. The van der Waals surface area contributed by atoms with Crippen molar-refractivity contribution in [1.29, 1.82) is 0 Å². The fourth-order valence-electron chi connectivity index (χ4n) is 2.18. The van der Waals surface area contributed by atoms with Crippen molar-refractivity contribution < 1.29 is 35.9 Å². The van der Waals surface area contributed by atoms with Gasteiger partial charge in [-0.25, -0.2) is 0 Å². The molecular weight excluding hydrogens is 364 g/mol. The molecular formula is C17H11F6NO2. The van der Waals surface area contributed by atoms with Crippen molar-refractivity contribution in [3.05, 3.63) is 64.7 Å². The molecule has 0 aromatic heterocycles. The quantitative estimate of drug-likeness (QED) is 0.594. The molecule has 0 saturated carbocycles. The molecule has 0 heterocycles. The molecule has 138 valence electrons. The summed E-state index contributed by atoms with van der Waals surface area (Å²) in [7, 11) is 0. The average molecular weight is 375 g/mol. The van der Waals surface area contributed by atoms with Gasteiger partial charge in [0.2, 0.25) is 0 Å². The molecule has 0 radical (unpaired) electrons. The third-order valence-corrected chi connectivity index (χ3v) is 3.40. The largest absolute Gasteiger partial charge is 0.416 e. The van der Waals surface area contributed by atoms with Gasteiger partial charge in [-0.1, -0.05) is 12.1 Å². The lowest BCUT2D eigenvalue weighted by Gasteiger charge is -2.15. The van der Waals surface area contributed by atoms with Crippen molar-refractivity contribution in [3.63, 3.8) is 0 Å². The molecule has 0 fully saturated rings. The lowest BCUT2D eigenvalue weighted by Crippen LogP contribution is -2.18. The Morgan fingerprint density at radius 2 is 1.35 bits per heavy atom. The number of Topliss-reactive ketones (excluding diaryl/α,β-unsaturated/α-hetero) is 1. The molecule has 1 amide bonds. The van der Waals surface area contributed by atoms with Gasteiger partial charge in [0.1, 0.15) is 0 Å². The van der Waals surface area contributed by atoms with Crippen LogP contribution >= 0.6 is 0 Å². The number of nitrogens with one attached hydrogen (secondary N) is 1. The van der Waals surface area contributed by atoms with Crippen molar-refractivity contribution in [3.8, 4) is 0 Å². The van der Waals surface area contributed by atoms with Crippen LogP contribution in [0.1, 0.15) is 38.8 Å². The van der Waals surface area contributed by atoms with Crippen LogP contribution in [0.3, 0.4) is 0 Å². The molecule has 0 spiro atoms. The zero-order chi connectivity index (χ0) is 19.7. The van der Waals surface area contributed by atoms with Crippen LogP contribution in [-0.4, -0.2) is 11.7 Å². The normalized spacial score (nSPS) is 12.0. The van der Waals surface area contributed by atoms with Crippen LogP contribution in [0.2, 0.25) is 0 Å². The van der Waals surface area contributed by atoms with Gasteiger partial charge >= 0.3 is 12.4 Å². The molecule has 9 heteroatoms. The van der Waals surface area contributed by atoms with E-state index in [1.807, 2.05) is 0 Å². The van der Waals surface area contributed by atoms with Gasteiger partial charge in [0, 0.05) is 11.1 Å². The Morgan fingerprint density at radius 1 is 0.846 bits per heavy atom. The van der Waals surface area contributed by atoms with Crippen molar-refractivity contribution in [1.82, 2.24) is 0 Å². The summed E-state index contributed by atoms with van der Waals surface area (Å²) in [5, 5.41) is 2.17. The standard InChI is InChI=1S/C17H11F6NO2/c1-9(25)13-4-2-3-5-14(13)24-15(26)10-6-11(16(18,19)20)8-12(7-10)17(21,22)23/h2-8H,1H3,(H,24,26). The highest BCUT2D eigenvalue weighted by atomic mass is 19.4. The number of halogens is 6. The van der Waals surface area contributed by atoms with E-state index in [4.69, 9.17) is 0 Å². The molecule has 0 bridgehead atoms. The Kier molecular flexibility index (Phi) is 5.11. The van der Waals surface area contributed by atoms with Gasteiger partial charge in [-0.3, -0.25) is 9.59 Å². The number of carbonyl (C=O) groups excluding carboxylic acids is 2. The van der Waals surface area contributed by atoms with Gasteiger partial charge in [-0.2, -0.15) is 26.3 Å². The minimum atomic E-state index is -5.06. The Labute approximate surface area is 143 Å². The van der Waals surface area contributed by atoms with E-state index in [9.17, 15) is 35.9 Å². The molecule has 0 atom stereocenters. The molecule has 0 aliphatic heterocycles. The van der Waals surface area contributed by atoms with Crippen LogP contribution < -0.4 is 5.32 Å². The molecule has 26 heavy (non-hydrogen) atoms. The number of benzene rings is 2. The first-order valence-electron chi connectivity index (χ1n) is 7.10. The number of para-hydroxylation sites is 1. The monoisotopic (exact) mass is 375 g/mol. The van der Waals surface area contributed by atoms with Crippen molar-refractivity contribution in [2.75, 3.05) is 5.32 Å². The van der Waals surface area contributed by atoms with Gasteiger partial charge < -0.3 is 5.32 Å². The van der Waals surface area contributed by atoms with Gasteiger partial charge in [-0.05, 0) is 37.3 Å². The van der Waals surface area contributed by atoms with E-state index >= 15 is 0 Å². The summed E-state index contributed by atoms with van der Waals surface area (Å²) in [5.74, 6) is -1.63. The second-order valence-electron chi connectivity index (χ2n) is 5.35. The van der Waals surface area contributed by atoms with Crippen molar-refractivity contribution in [2.45, 2.75) is 19.3 Å². The maximum Gasteiger partial charge on any atom is 0.416 e. The highest BCUT2D eigenvalue weighted by molar-refractivity contribution is 6.09. The van der Waals surface area contributed by atoms with E-state index in [0.29, 0.717) is 12.1 Å². The maximum atomic E-state index is 12.9. The number of hydrogen-bond acceptors (Lipinski definition) is 2. The molecule has 0 unspecified atom stereocenters. The number of anilines is 1. The molecule has 1 N–H and O–H groups in total. The number of ketones is 1. The number of hydrogen-bond donors (Lipinski definition) is 1. The molecule has 2 aromatic rings. The smallest absolute Gasteiger partial charge is 0.321 e. The van der Waals surface area contributed by atoms with Gasteiger partial charge in [-0.15, -0.1) is 0 Å². The first-order valence-corrected chi connectivity index (χ1v) is 7.10. The first kappa shape index (κ1) is 19.5. The fourth-order valence-corrected chi connectivity index (χ4v) is 2.18. The summed E-state index contributed by atoms with van der Waals surface area (Å²) >= 11 is 0. The van der Waals surface area contributed by atoms with Gasteiger partial charge in [0.05, 0.1) is 16.8 Å². The first-order chi connectivity index (χ1) is 11.9. The zero-order valence-electron chi connectivity index (χ0n) is 13.1.